The lowest BCUT2D eigenvalue weighted by atomic mass is 9.84. The van der Waals surface area contributed by atoms with Gasteiger partial charge in [0.2, 0.25) is 0 Å². The van der Waals surface area contributed by atoms with Crippen LogP contribution in [0.5, 0.6) is 0 Å². The van der Waals surface area contributed by atoms with Crippen molar-refractivity contribution in [3.63, 3.8) is 0 Å². The lowest BCUT2D eigenvalue weighted by Gasteiger charge is -2.20. The molecule has 0 saturated heterocycles. The predicted molar refractivity (Wildman–Crippen MR) is 669 cm³/mol. The van der Waals surface area contributed by atoms with Gasteiger partial charge in [0.1, 0.15) is 0 Å². The Labute approximate surface area is 892 Å². The Balaban J connectivity index is 0.0000000974. The minimum Gasteiger partial charge on any atom is -0.135 e. The van der Waals surface area contributed by atoms with Crippen LogP contribution >= 0.6 is 79.4 Å². The summed E-state index contributed by atoms with van der Waals surface area (Å²) in [5, 5.41) is 38.3. The second-order valence-electron chi connectivity index (χ2n) is 47.1. The maximum atomic E-state index is 2.38. The molecule has 7 heteroatoms. The largest absolute Gasteiger partial charge is 0.135 e. The normalized spacial score (nSPS) is 12.5. The molecule has 21 aromatic carbocycles. The molecule has 28 rings (SSSR count). The summed E-state index contributed by atoms with van der Waals surface area (Å²) < 4.78 is 19.6. The molecule has 0 bridgehead atoms. The first kappa shape index (κ1) is 98.6. The van der Waals surface area contributed by atoms with Gasteiger partial charge in [-0.2, -0.15) is 0 Å². The van der Waals surface area contributed by atoms with Crippen molar-refractivity contribution in [3.05, 3.63) is 421 Å². The third kappa shape index (κ3) is 19.3. The molecule has 0 amide bonds. The minimum atomic E-state index is 0.166. The van der Waals surface area contributed by atoms with Crippen LogP contribution in [0.15, 0.2) is 382 Å². The van der Waals surface area contributed by atoms with Crippen molar-refractivity contribution < 1.29 is 0 Å². The molecule has 0 N–H and O–H groups in total. The zero-order valence-electron chi connectivity index (χ0n) is 88.2. The first-order valence-electron chi connectivity index (χ1n) is 51.7. The number of hydrogen-bond acceptors (Lipinski definition) is 7. The van der Waals surface area contributed by atoms with Crippen LogP contribution in [0.25, 0.3) is 217 Å². The summed E-state index contributed by atoms with van der Waals surface area (Å²) in [5.41, 5.74) is 11.3. The lowest BCUT2D eigenvalue weighted by Crippen LogP contribution is -2.11. The average Bonchev–Trinajstić information content (AvgIpc) is 1.60. The van der Waals surface area contributed by atoms with Gasteiger partial charge in [-0.3, -0.25) is 0 Å². The van der Waals surface area contributed by atoms with Crippen molar-refractivity contribution in [2.75, 3.05) is 0 Å². The van der Waals surface area contributed by atoms with Gasteiger partial charge in [-0.15, -0.1) is 79.4 Å². The second-order valence-corrected chi connectivity index (χ2v) is 54.5. The number of hydrogen-bond donors (Lipinski definition) is 0. The summed E-state index contributed by atoms with van der Waals surface area (Å²) in [4.78, 5) is 0. The molecule has 7 aromatic heterocycles. The van der Waals surface area contributed by atoms with Crippen LogP contribution in [-0.2, 0) is 37.9 Å². The minimum absolute atomic E-state index is 0.166. The Morgan fingerprint density at radius 3 is 0.857 bits per heavy atom. The van der Waals surface area contributed by atoms with Crippen LogP contribution in [0.2, 0.25) is 0 Å². The van der Waals surface area contributed by atoms with Crippen molar-refractivity contribution in [1.29, 1.82) is 0 Å². The van der Waals surface area contributed by atoms with Gasteiger partial charge in [-0.05, 0) is 249 Å². The maximum Gasteiger partial charge on any atom is 0.0433 e. The van der Waals surface area contributed by atoms with Crippen molar-refractivity contribution in [2.24, 2.45) is 0 Å². The lowest BCUT2D eigenvalue weighted by molar-refractivity contribution is 0.591. The quantitative estimate of drug-likeness (QED) is 0.142. The number of fused-ring (bicyclic) bond motifs is 31. The second kappa shape index (κ2) is 38.3. The molecule has 147 heavy (non-hydrogen) atoms. The Hall–Kier alpha value is -13.0. The highest BCUT2D eigenvalue weighted by Crippen LogP contribution is 2.51. The van der Waals surface area contributed by atoms with Gasteiger partial charge in [0.25, 0.3) is 0 Å². The van der Waals surface area contributed by atoms with Gasteiger partial charge in [-0.25, -0.2) is 0 Å². The Morgan fingerprint density at radius 2 is 0.374 bits per heavy atom. The Morgan fingerprint density at radius 1 is 0.122 bits per heavy atom. The van der Waals surface area contributed by atoms with Gasteiger partial charge in [0.15, 0.2) is 0 Å². The smallest absolute Gasteiger partial charge is 0.0433 e. The zero-order valence-corrected chi connectivity index (χ0v) is 93.9. The molecule has 0 spiro atoms. The van der Waals surface area contributed by atoms with E-state index < -0.39 is 0 Å². The molecule has 0 aliphatic heterocycles. The average molecular weight is 2030 g/mol. The maximum absolute atomic E-state index is 2.38. The van der Waals surface area contributed by atoms with Crippen LogP contribution in [0.1, 0.15) is 184 Å². The first-order valence-corrected chi connectivity index (χ1v) is 57.4. The first-order chi connectivity index (χ1) is 70.3. The summed E-state index contributed by atoms with van der Waals surface area (Å²) in [6.45, 7) is 48.0. The van der Waals surface area contributed by atoms with E-state index in [2.05, 4.69) is 528 Å². The van der Waals surface area contributed by atoms with Gasteiger partial charge in [0, 0.05) is 141 Å². The van der Waals surface area contributed by atoms with Crippen LogP contribution < -0.4 is 0 Å². The van der Waals surface area contributed by atoms with Crippen LogP contribution in [-0.4, -0.2) is 0 Å². The predicted octanol–water partition coefficient (Wildman–Crippen LogP) is 45.5. The molecule has 0 fully saturated rings. The third-order valence-electron chi connectivity index (χ3n) is 29.4. The zero-order chi connectivity index (χ0) is 102. The summed E-state index contributed by atoms with van der Waals surface area (Å²) in [6, 6.07) is 141. The van der Waals surface area contributed by atoms with Crippen LogP contribution in [0.3, 0.4) is 0 Å². The number of benzene rings is 21. The SMILES string of the molecule is CC(C)(C)c1ccc2c(c1)sc1cc3ccccc3cc12.CC(C)(C)c1ccc2sc3c4ccccc4ccc3c2c1.CC(C)(C)c1ccc2sc3cc4ccccc4cc3c2c1.CC(C)(C)c1cccc2c1sc1cc3ccccc3cc12.CC(C)(C)c1cccc2c1sc1ccc3ccccc3c12.CC(C)(C)c1cccc2sc3c4ccccc4ccc3c12.CC(C)(C)c1cccc2sc3cc4ccccc4cc3c12. The monoisotopic (exact) mass is 2030 g/mol. The fourth-order valence-corrected chi connectivity index (χ4v) is 30.2. The Bertz CT molecular complexity index is 9850. The van der Waals surface area contributed by atoms with Crippen molar-refractivity contribution in [2.45, 2.75) is 183 Å². The summed E-state index contributed by atoms with van der Waals surface area (Å²) in [6.07, 6.45) is 0. The molecule has 0 atom stereocenters. The summed E-state index contributed by atoms with van der Waals surface area (Å²) in [7, 11) is 0. The van der Waals surface area contributed by atoms with E-state index in [9.17, 15) is 0 Å². The van der Waals surface area contributed by atoms with Crippen molar-refractivity contribution in [1.82, 2.24) is 0 Å². The van der Waals surface area contributed by atoms with Gasteiger partial charge in [-0.1, -0.05) is 431 Å². The summed E-state index contributed by atoms with van der Waals surface area (Å²) in [5.74, 6) is 0. The molecule has 0 radical (unpaired) electrons. The standard InChI is InChI=1S/7C20H18S/c1-20(2,3)16-9-6-10-17-19(16)15-11-13-7-4-5-8-14(13)12-18(15)21-17;1-20(2,3)17-10-6-9-15-16-11-13-7-4-5-8-14(13)12-18(16)21-19(15)17;1-20(2,3)16-9-6-10-17-18(16)15-12-11-13-7-4-5-8-14(13)19(15)21-17;1-20(2,3)16-10-6-9-15-18-14-8-5-4-7-13(14)11-12-17(18)21-19(15)16;1-20(2,3)14-9-11-18-17(12-14)16-10-8-13-6-4-5-7-15(13)19(16)21-18;1-20(2,3)15-8-9-18-17(12-15)16-10-13-6-4-5-7-14(13)11-19(16)21-18;1-20(2,3)15-8-9-16-17-10-13-6-4-5-7-14(13)11-18(17)21-19(16)12-15/h7*4-12H,1-3H3. The molecular weight excluding hydrogens is 1910 g/mol. The number of thiophene rings is 7. The fourth-order valence-electron chi connectivity index (χ4n) is 21.4. The topological polar surface area (TPSA) is 0 Å². The highest BCUT2D eigenvalue weighted by molar-refractivity contribution is 7.29. The van der Waals surface area contributed by atoms with E-state index in [0.29, 0.717) is 0 Å². The highest BCUT2D eigenvalue weighted by Gasteiger charge is 2.27. The van der Waals surface area contributed by atoms with Crippen molar-refractivity contribution >= 4 is 296 Å². The number of rotatable bonds is 0. The molecule has 0 aliphatic rings. The van der Waals surface area contributed by atoms with E-state index in [1.807, 2.05) is 79.4 Å². The molecular formula is C140H126S7. The van der Waals surface area contributed by atoms with Gasteiger partial charge in [0.05, 0.1) is 0 Å². The van der Waals surface area contributed by atoms with E-state index in [1.165, 1.54) is 256 Å². The van der Waals surface area contributed by atoms with E-state index in [0.717, 1.165) is 0 Å². The fraction of sp³-hybridized carbons (Fsp3) is 0.200. The summed E-state index contributed by atoms with van der Waals surface area (Å²) >= 11 is 13.4. The van der Waals surface area contributed by atoms with E-state index in [-0.39, 0.29) is 37.9 Å². The van der Waals surface area contributed by atoms with E-state index in [1.54, 1.807) is 0 Å². The molecule has 7 heterocycles. The molecule has 0 aliphatic carbocycles. The molecule has 0 saturated carbocycles. The van der Waals surface area contributed by atoms with Crippen LogP contribution in [0.4, 0.5) is 0 Å². The van der Waals surface area contributed by atoms with Gasteiger partial charge >= 0.3 is 0 Å². The highest BCUT2D eigenvalue weighted by atomic mass is 32.1. The molecule has 728 valence electrons. The van der Waals surface area contributed by atoms with Crippen LogP contribution in [0, 0.1) is 0 Å². The van der Waals surface area contributed by atoms with E-state index in [4.69, 9.17) is 0 Å². The van der Waals surface area contributed by atoms with Crippen molar-refractivity contribution in [3.8, 4) is 0 Å². The molecule has 0 nitrogen and oxygen atoms in total. The van der Waals surface area contributed by atoms with Gasteiger partial charge < -0.3 is 0 Å². The van der Waals surface area contributed by atoms with E-state index >= 15 is 0 Å². The molecule has 0 unspecified atom stereocenters. The Kier molecular flexibility index (Phi) is 25.7. The molecule has 28 aromatic rings. The third-order valence-corrected chi connectivity index (χ3v) is 37.6.